The molecule has 1 aliphatic rings. The Balaban J connectivity index is 1.42. The van der Waals surface area contributed by atoms with Crippen molar-refractivity contribution in [3.8, 4) is 17.2 Å². The van der Waals surface area contributed by atoms with Gasteiger partial charge in [0.15, 0.2) is 16.6 Å². The molecule has 0 spiro atoms. The van der Waals surface area contributed by atoms with E-state index in [4.69, 9.17) is 14.2 Å². The highest BCUT2D eigenvalue weighted by atomic mass is 32.1. The molecule has 1 aliphatic heterocycles. The number of benzene rings is 2. The van der Waals surface area contributed by atoms with Gasteiger partial charge in [-0.25, -0.2) is 4.98 Å². The van der Waals surface area contributed by atoms with E-state index < -0.39 is 0 Å². The lowest BCUT2D eigenvalue weighted by molar-refractivity contribution is -0.131. The van der Waals surface area contributed by atoms with Crippen molar-refractivity contribution >= 4 is 38.5 Å². The van der Waals surface area contributed by atoms with Crippen molar-refractivity contribution in [1.29, 1.82) is 0 Å². The molecule has 3 aromatic rings. The van der Waals surface area contributed by atoms with Crippen LogP contribution in [0.3, 0.4) is 0 Å². The maximum Gasteiger partial charge on any atom is 0.245 e. The van der Waals surface area contributed by atoms with E-state index in [0.717, 1.165) is 10.3 Å². The van der Waals surface area contributed by atoms with Crippen LogP contribution in [-0.2, 0) is 9.59 Å². The molecule has 168 valence electrons. The Hall–Kier alpha value is -3.33. The maximum absolute atomic E-state index is 12.6. The van der Waals surface area contributed by atoms with Crippen molar-refractivity contribution in [2.45, 2.75) is 19.3 Å². The fourth-order valence-electron chi connectivity index (χ4n) is 3.84. The molecule has 32 heavy (non-hydrogen) atoms. The highest BCUT2D eigenvalue weighted by Gasteiger charge is 2.32. The molecule has 2 amide bonds. The Morgan fingerprint density at radius 3 is 2.75 bits per heavy atom. The molecule has 0 bridgehead atoms. The van der Waals surface area contributed by atoms with Gasteiger partial charge in [0.25, 0.3) is 0 Å². The van der Waals surface area contributed by atoms with E-state index in [0.29, 0.717) is 47.5 Å². The van der Waals surface area contributed by atoms with Crippen LogP contribution < -0.4 is 19.5 Å². The van der Waals surface area contributed by atoms with Gasteiger partial charge in [0, 0.05) is 18.9 Å². The summed E-state index contributed by atoms with van der Waals surface area (Å²) in [5.74, 6) is 1.63. The second-order valence-corrected chi connectivity index (χ2v) is 8.42. The summed E-state index contributed by atoms with van der Waals surface area (Å²) >= 11 is 1.37. The van der Waals surface area contributed by atoms with Crippen LogP contribution in [0, 0.1) is 0 Å². The van der Waals surface area contributed by atoms with Gasteiger partial charge in [-0.3, -0.25) is 9.59 Å². The maximum atomic E-state index is 12.6. The molecule has 2 heterocycles. The summed E-state index contributed by atoms with van der Waals surface area (Å²) in [7, 11) is 3.18. The van der Waals surface area contributed by atoms with Gasteiger partial charge in [-0.1, -0.05) is 23.5 Å². The average Bonchev–Trinajstić information content (AvgIpc) is 3.36. The molecule has 2 aromatic carbocycles. The summed E-state index contributed by atoms with van der Waals surface area (Å²) in [4.78, 5) is 31.2. The zero-order chi connectivity index (χ0) is 22.7. The predicted octanol–water partition coefficient (Wildman–Crippen LogP) is 3.67. The standard InChI is InChI=1S/C23H25N3O5S/c1-4-31-18-10-14(8-9-16(18)29-2)15-11-21(28)26(12-15)13-20(27)24-23-25-22-17(30-3)6-5-7-19(22)32-23/h5-10,15H,4,11-13H2,1-3H3,(H,24,25,27)/t15-/m1/s1. The van der Waals surface area contributed by atoms with E-state index in [-0.39, 0.29) is 24.3 Å². The summed E-state index contributed by atoms with van der Waals surface area (Å²) in [6.07, 6.45) is 0.351. The Kier molecular flexibility index (Phi) is 6.45. The fourth-order valence-corrected chi connectivity index (χ4v) is 4.74. The summed E-state index contributed by atoms with van der Waals surface area (Å²) < 4.78 is 17.2. The van der Waals surface area contributed by atoms with Crippen molar-refractivity contribution in [3.05, 3.63) is 42.0 Å². The predicted molar refractivity (Wildman–Crippen MR) is 123 cm³/mol. The van der Waals surface area contributed by atoms with E-state index >= 15 is 0 Å². The number of nitrogens with zero attached hydrogens (tertiary/aromatic N) is 2. The summed E-state index contributed by atoms with van der Waals surface area (Å²) in [5.41, 5.74) is 1.70. The first kappa shape index (κ1) is 21.9. The van der Waals surface area contributed by atoms with Gasteiger partial charge in [-0.15, -0.1) is 0 Å². The highest BCUT2D eigenvalue weighted by molar-refractivity contribution is 7.22. The van der Waals surface area contributed by atoms with Crippen LogP contribution in [0.2, 0.25) is 0 Å². The smallest absolute Gasteiger partial charge is 0.245 e. The van der Waals surface area contributed by atoms with Crippen LogP contribution in [0.4, 0.5) is 5.13 Å². The number of rotatable bonds is 8. The number of hydrogen-bond acceptors (Lipinski definition) is 7. The minimum Gasteiger partial charge on any atom is -0.494 e. The first-order valence-electron chi connectivity index (χ1n) is 10.3. The molecule has 1 aromatic heterocycles. The van der Waals surface area contributed by atoms with Gasteiger partial charge >= 0.3 is 0 Å². The third-order valence-electron chi connectivity index (χ3n) is 5.36. The Morgan fingerprint density at radius 1 is 1.19 bits per heavy atom. The lowest BCUT2D eigenvalue weighted by Gasteiger charge is -2.17. The van der Waals surface area contributed by atoms with Crippen LogP contribution in [0.15, 0.2) is 36.4 Å². The third kappa shape index (κ3) is 4.47. The van der Waals surface area contributed by atoms with Crippen molar-refractivity contribution in [1.82, 2.24) is 9.88 Å². The molecule has 0 unspecified atom stereocenters. The second-order valence-electron chi connectivity index (χ2n) is 7.39. The van der Waals surface area contributed by atoms with Crippen molar-refractivity contribution in [2.75, 3.05) is 39.2 Å². The normalized spacial score (nSPS) is 15.8. The van der Waals surface area contributed by atoms with E-state index in [1.54, 1.807) is 19.1 Å². The Labute approximate surface area is 190 Å². The number of aromatic nitrogens is 1. The number of para-hydroxylation sites is 1. The Morgan fingerprint density at radius 2 is 2.00 bits per heavy atom. The van der Waals surface area contributed by atoms with Gasteiger partial charge < -0.3 is 24.4 Å². The summed E-state index contributed by atoms with van der Waals surface area (Å²) in [6.45, 7) is 2.88. The van der Waals surface area contributed by atoms with Gasteiger partial charge in [-0.2, -0.15) is 0 Å². The fraction of sp³-hybridized carbons (Fsp3) is 0.348. The number of fused-ring (bicyclic) bond motifs is 1. The molecular weight excluding hydrogens is 430 g/mol. The number of nitrogens with one attached hydrogen (secondary N) is 1. The van der Waals surface area contributed by atoms with Crippen LogP contribution >= 0.6 is 11.3 Å². The monoisotopic (exact) mass is 455 g/mol. The average molecular weight is 456 g/mol. The van der Waals surface area contributed by atoms with Crippen molar-refractivity contribution in [3.63, 3.8) is 0 Å². The van der Waals surface area contributed by atoms with Crippen LogP contribution in [0.25, 0.3) is 10.2 Å². The van der Waals surface area contributed by atoms with E-state index in [1.165, 1.54) is 11.3 Å². The molecular formula is C23H25N3O5S. The van der Waals surface area contributed by atoms with Gasteiger partial charge in [0.05, 0.1) is 32.1 Å². The topological polar surface area (TPSA) is 90.0 Å². The number of carbonyl (C=O) groups is 2. The van der Waals surface area contributed by atoms with Crippen LogP contribution in [-0.4, -0.2) is 55.6 Å². The number of thiazole rings is 1. The highest BCUT2D eigenvalue weighted by Crippen LogP contribution is 2.35. The zero-order valence-electron chi connectivity index (χ0n) is 18.2. The minimum atomic E-state index is -0.276. The van der Waals surface area contributed by atoms with Gasteiger partial charge in [-0.05, 0) is 36.8 Å². The molecule has 1 atom stereocenters. The number of likely N-dealkylation sites (tertiary alicyclic amines) is 1. The molecule has 8 nitrogen and oxygen atoms in total. The number of anilines is 1. The minimum absolute atomic E-state index is 0.00729. The number of ether oxygens (including phenoxy) is 3. The summed E-state index contributed by atoms with van der Waals surface area (Å²) in [6, 6.07) is 11.3. The van der Waals surface area contributed by atoms with E-state index in [9.17, 15) is 9.59 Å². The quantitative estimate of drug-likeness (QED) is 0.558. The number of methoxy groups -OCH3 is 2. The molecule has 0 radical (unpaired) electrons. The molecule has 1 saturated heterocycles. The van der Waals surface area contributed by atoms with Crippen molar-refractivity contribution < 1.29 is 23.8 Å². The van der Waals surface area contributed by atoms with E-state index in [2.05, 4.69) is 10.3 Å². The molecule has 0 saturated carbocycles. The number of hydrogen-bond donors (Lipinski definition) is 1. The summed E-state index contributed by atoms with van der Waals surface area (Å²) in [5, 5.41) is 3.29. The molecule has 1 fully saturated rings. The van der Waals surface area contributed by atoms with Gasteiger partial charge in [0.2, 0.25) is 11.8 Å². The van der Waals surface area contributed by atoms with Crippen LogP contribution in [0.1, 0.15) is 24.8 Å². The lowest BCUT2D eigenvalue weighted by atomic mass is 9.98. The lowest BCUT2D eigenvalue weighted by Crippen LogP contribution is -2.34. The molecule has 4 rings (SSSR count). The SMILES string of the molecule is CCOc1cc([C@@H]2CC(=O)N(CC(=O)Nc3nc4c(OC)cccc4s3)C2)ccc1OC. The molecule has 1 N–H and O–H groups in total. The molecule has 9 heteroatoms. The zero-order valence-corrected chi connectivity index (χ0v) is 19.0. The third-order valence-corrected chi connectivity index (χ3v) is 6.29. The first-order chi connectivity index (χ1) is 15.5. The number of amides is 2. The first-order valence-corrected chi connectivity index (χ1v) is 11.2. The molecule has 0 aliphatic carbocycles. The number of carbonyl (C=O) groups excluding carboxylic acids is 2. The van der Waals surface area contributed by atoms with Gasteiger partial charge in [0.1, 0.15) is 11.3 Å². The second kappa shape index (κ2) is 9.44. The Bertz CT molecular complexity index is 1150. The van der Waals surface area contributed by atoms with Crippen molar-refractivity contribution in [2.24, 2.45) is 0 Å². The largest absolute Gasteiger partial charge is 0.494 e. The van der Waals surface area contributed by atoms with Crippen LogP contribution in [0.5, 0.6) is 17.2 Å². The van der Waals surface area contributed by atoms with E-state index in [1.807, 2.05) is 43.3 Å².